The SMILES string of the molecule is Cc1cc(C(F)(F)F)nc2sc3c(c12)NC(c1cn(-c2ccc(B(O)O)cc2)nc1C1CCCCC1)NC3=O. The average molecular weight is 555 g/mol. The van der Waals surface area contributed by atoms with Gasteiger partial charge >= 0.3 is 13.3 Å². The first-order valence-electron chi connectivity index (χ1n) is 12.7. The fourth-order valence-electron chi connectivity index (χ4n) is 5.51. The molecule has 1 fully saturated rings. The van der Waals surface area contributed by atoms with Gasteiger partial charge in [-0.2, -0.15) is 18.3 Å². The number of halogens is 3. The Morgan fingerprint density at radius 3 is 2.49 bits per heavy atom. The molecule has 6 rings (SSSR count). The highest BCUT2D eigenvalue weighted by Gasteiger charge is 2.37. The van der Waals surface area contributed by atoms with E-state index in [0.717, 1.165) is 60.8 Å². The van der Waals surface area contributed by atoms with E-state index in [1.54, 1.807) is 35.9 Å². The number of carbonyl (C=O) groups excluding carboxylic acids is 1. The number of carbonyl (C=O) groups is 1. The number of nitrogens with one attached hydrogen (secondary N) is 2. The van der Waals surface area contributed by atoms with Crippen LogP contribution in [0.2, 0.25) is 0 Å². The maximum absolute atomic E-state index is 13.4. The third kappa shape index (κ3) is 4.68. The molecule has 1 amide bonds. The number of amides is 1. The third-order valence-corrected chi connectivity index (χ3v) is 8.53. The van der Waals surface area contributed by atoms with Crippen LogP contribution in [0.5, 0.6) is 0 Å². The summed E-state index contributed by atoms with van der Waals surface area (Å²) in [5.41, 5.74) is 2.59. The number of anilines is 1. The van der Waals surface area contributed by atoms with Crippen molar-refractivity contribution in [1.29, 1.82) is 0 Å². The van der Waals surface area contributed by atoms with Gasteiger partial charge in [0.25, 0.3) is 5.91 Å². The second kappa shape index (κ2) is 9.65. The summed E-state index contributed by atoms with van der Waals surface area (Å²) in [5.74, 6) is -0.182. The van der Waals surface area contributed by atoms with Crippen molar-refractivity contribution in [2.45, 2.75) is 57.3 Å². The molecule has 0 bridgehead atoms. The zero-order valence-corrected chi connectivity index (χ0v) is 21.7. The highest BCUT2D eigenvalue weighted by molar-refractivity contribution is 7.21. The lowest BCUT2D eigenvalue weighted by Crippen LogP contribution is -2.38. The molecule has 4 aromatic rings. The fourth-order valence-corrected chi connectivity index (χ4v) is 6.62. The van der Waals surface area contributed by atoms with Crippen molar-refractivity contribution in [3.8, 4) is 5.69 Å². The summed E-state index contributed by atoms with van der Waals surface area (Å²) in [6.07, 6.45) is 1.87. The fraction of sp³-hybridized carbons (Fsp3) is 0.346. The molecular formula is C26H25BF3N5O3S. The molecular weight excluding hydrogens is 530 g/mol. The molecule has 1 saturated carbocycles. The van der Waals surface area contributed by atoms with Gasteiger partial charge in [0, 0.05) is 23.1 Å². The van der Waals surface area contributed by atoms with E-state index in [4.69, 9.17) is 5.10 Å². The normalized spacial score (nSPS) is 18.1. The van der Waals surface area contributed by atoms with Gasteiger partial charge in [-0.1, -0.05) is 31.4 Å². The molecule has 0 spiro atoms. The van der Waals surface area contributed by atoms with Crippen molar-refractivity contribution in [2.24, 2.45) is 0 Å². The number of fused-ring (bicyclic) bond motifs is 3. The average Bonchev–Trinajstić information content (AvgIpc) is 3.52. The summed E-state index contributed by atoms with van der Waals surface area (Å²) in [4.78, 5) is 17.5. The number of thiophene rings is 1. The van der Waals surface area contributed by atoms with E-state index in [1.807, 2.05) is 6.20 Å². The van der Waals surface area contributed by atoms with Crippen molar-refractivity contribution in [3.63, 3.8) is 0 Å². The Balaban J connectivity index is 1.42. The van der Waals surface area contributed by atoms with E-state index >= 15 is 0 Å². The molecule has 13 heteroatoms. The van der Waals surface area contributed by atoms with Crippen LogP contribution in [0.3, 0.4) is 0 Å². The van der Waals surface area contributed by atoms with Gasteiger partial charge in [-0.25, -0.2) is 9.67 Å². The van der Waals surface area contributed by atoms with Crippen LogP contribution in [0, 0.1) is 6.92 Å². The minimum Gasteiger partial charge on any atom is -0.423 e. The predicted octanol–water partition coefficient (Wildman–Crippen LogP) is 4.39. The minimum absolute atomic E-state index is 0.157. The van der Waals surface area contributed by atoms with Crippen LogP contribution in [-0.4, -0.2) is 37.8 Å². The highest BCUT2D eigenvalue weighted by atomic mass is 32.1. The molecule has 4 heterocycles. The Hall–Kier alpha value is -3.42. The van der Waals surface area contributed by atoms with Crippen LogP contribution in [0.15, 0.2) is 36.5 Å². The Morgan fingerprint density at radius 1 is 1.10 bits per heavy atom. The molecule has 1 atom stereocenters. The lowest BCUT2D eigenvalue weighted by molar-refractivity contribution is -0.141. The molecule has 1 aliphatic heterocycles. The van der Waals surface area contributed by atoms with Gasteiger partial charge in [0.15, 0.2) is 0 Å². The Labute approximate surface area is 226 Å². The van der Waals surface area contributed by atoms with E-state index in [2.05, 4.69) is 15.6 Å². The first kappa shape index (κ1) is 25.8. The van der Waals surface area contributed by atoms with E-state index < -0.39 is 25.2 Å². The summed E-state index contributed by atoms with van der Waals surface area (Å²) in [6, 6.07) is 7.70. The Kier molecular flexibility index (Phi) is 6.39. The molecule has 1 aliphatic carbocycles. The van der Waals surface area contributed by atoms with Crippen LogP contribution < -0.4 is 16.1 Å². The molecule has 2 aliphatic rings. The number of nitrogens with zero attached hydrogens (tertiary/aromatic N) is 3. The molecule has 4 N–H and O–H groups in total. The maximum atomic E-state index is 13.4. The quantitative estimate of drug-likeness (QED) is 0.278. The number of hydrogen-bond donors (Lipinski definition) is 4. The Bertz CT molecular complexity index is 1560. The number of alkyl halides is 3. The monoisotopic (exact) mass is 555 g/mol. The summed E-state index contributed by atoms with van der Waals surface area (Å²) in [5, 5.41) is 30.6. The van der Waals surface area contributed by atoms with E-state index in [-0.39, 0.29) is 16.7 Å². The highest BCUT2D eigenvalue weighted by Crippen LogP contribution is 2.44. The number of aryl methyl sites for hydroxylation is 1. The summed E-state index contributed by atoms with van der Waals surface area (Å²) < 4.78 is 41.8. The zero-order chi connectivity index (χ0) is 27.5. The standard InChI is InChI=1S/C26H25BF3N5O3S/c1-13-11-18(26(28,29)30)31-25-19(13)21-22(39-25)24(36)33-23(32-21)17-12-35(16-9-7-15(8-10-16)27(37)38)34-20(17)14-5-3-2-4-6-14/h7-12,14,23,32,37-38H,2-6H2,1H3,(H,33,36). The molecule has 202 valence electrons. The van der Waals surface area contributed by atoms with Crippen LogP contribution in [-0.2, 0) is 6.18 Å². The molecule has 1 unspecified atom stereocenters. The van der Waals surface area contributed by atoms with Gasteiger partial charge in [0.2, 0.25) is 0 Å². The van der Waals surface area contributed by atoms with Crippen LogP contribution >= 0.6 is 11.3 Å². The van der Waals surface area contributed by atoms with Crippen molar-refractivity contribution in [3.05, 3.63) is 63.9 Å². The molecule has 39 heavy (non-hydrogen) atoms. The zero-order valence-electron chi connectivity index (χ0n) is 20.9. The van der Waals surface area contributed by atoms with Gasteiger partial charge < -0.3 is 20.7 Å². The van der Waals surface area contributed by atoms with Gasteiger partial charge in [0.05, 0.1) is 17.1 Å². The van der Waals surface area contributed by atoms with Gasteiger partial charge in [-0.3, -0.25) is 4.79 Å². The Morgan fingerprint density at radius 2 is 1.82 bits per heavy atom. The largest absolute Gasteiger partial charge is 0.488 e. The van der Waals surface area contributed by atoms with Crippen molar-refractivity contribution in [2.75, 3.05) is 5.32 Å². The molecule has 0 saturated heterocycles. The van der Waals surface area contributed by atoms with E-state index in [1.165, 1.54) is 0 Å². The molecule has 3 aromatic heterocycles. The van der Waals surface area contributed by atoms with Gasteiger partial charge in [-0.15, -0.1) is 11.3 Å². The number of pyridine rings is 1. The second-order valence-electron chi connectivity index (χ2n) is 10.1. The first-order valence-corrected chi connectivity index (χ1v) is 13.6. The van der Waals surface area contributed by atoms with Gasteiger partial charge in [0.1, 0.15) is 21.6 Å². The number of aromatic nitrogens is 3. The van der Waals surface area contributed by atoms with E-state index in [9.17, 15) is 28.0 Å². The first-order chi connectivity index (χ1) is 18.6. The smallest absolute Gasteiger partial charge is 0.423 e. The lowest BCUT2D eigenvalue weighted by Gasteiger charge is -2.28. The van der Waals surface area contributed by atoms with Crippen molar-refractivity contribution >= 4 is 45.7 Å². The van der Waals surface area contributed by atoms with Crippen LogP contribution in [0.4, 0.5) is 18.9 Å². The molecule has 8 nitrogen and oxygen atoms in total. The predicted molar refractivity (Wildman–Crippen MR) is 142 cm³/mol. The van der Waals surface area contributed by atoms with Crippen LogP contribution in [0.1, 0.15) is 76.4 Å². The van der Waals surface area contributed by atoms with Gasteiger partial charge in [-0.05, 0) is 49.0 Å². The lowest BCUT2D eigenvalue weighted by atomic mass is 9.80. The minimum atomic E-state index is -4.58. The number of benzene rings is 1. The summed E-state index contributed by atoms with van der Waals surface area (Å²) in [6.45, 7) is 1.59. The van der Waals surface area contributed by atoms with Crippen molar-refractivity contribution in [1.82, 2.24) is 20.1 Å². The molecule has 0 radical (unpaired) electrons. The third-order valence-electron chi connectivity index (χ3n) is 7.45. The number of hydrogen-bond acceptors (Lipinski definition) is 7. The number of rotatable bonds is 4. The second-order valence-corrected chi connectivity index (χ2v) is 11.1. The van der Waals surface area contributed by atoms with Crippen molar-refractivity contribution < 1.29 is 28.0 Å². The topological polar surface area (TPSA) is 112 Å². The maximum Gasteiger partial charge on any atom is 0.488 e. The molecule has 1 aromatic carbocycles. The summed E-state index contributed by atoms with van der Waals surface area (Å²) in [7, 11) is -1.58. The summed E-state index contributed by atoms with van der Waals surface area (Å²) >= 11 is 0.940. The van der Waals surface area contributed by atoms with E-state index in [0.29, 0.717) is 32.7 Å². The van der Waals surface area contributed by atoms with Crippen LogP contribution in [0.25, 0.3) is 15.9 Å².